The minimum atomic E-state index is -2.85. The SMILES string of the molecule is C[C@@H](NCC(C)(F)F)c1coc(-c2cncc([C@@]34CC[C@@H](c5cc(-c6c(F)cccc6F)nnc53)C4(C)C)n2)n1. The fourth-order valence-corrected chi connectivity index (χ4v) is 6.47. The fraction of sp³-hybridized carbons (Fsp3) is 0.414. The number of fused-ring (bicyclic) bond motifs is 5. The molecule has 1 fully saturated rings. The highest BCUT2D eigenvalue weighted by Crippen LogP contribution is 2.69. The summed E-state index contributed by atoms with van der Waals surface area (Å²) in [6.45, 7) is 6.37. The molecule has 11 heteroatoms. The Kier molecular flexibility index (Phi) is 6.06. The molecule has 3 atom stereocenters. The van der Waals surface area contributed by atoms with Crippen LogP contribution < -0.4 is 5.32 Å². The van der Waals surface area contributed by atoms with E-state index in [1.54, 1.807) is 25.4 Å². The molecule has 2 bridgehead atoms. The van der Waals surface area contributed by atoms with Gasteiger partial charge in [-0.3, -0.25) is 4.98 Å². The number of alkyl halides is 2. The smallest absolute Gasteiger partial charge is 0.257 e. The highest BCUT2D eigenvalue weighted by molar-refractivity contribution is 5.64. The predicted molar refractivity (Wildman–Crippen MR) is 138 cm³/mol. The van der Waals surface area contributed by atoms with Gasteiger partial charge in [-0.05, 0) is 54.9 Å². The van der Waals surface area contributed by atoms with Gasteiger partial charge in [0.15, 0.2) is 0 Å². The van der Waals surface area contributed by atoms with Crippen molar-refractivity contribution in [2.45, 2.75) is 63.8 Å². The summed E-state index contributed by atoms with van der Waals surface area (Å²) in [4.78, 5) is 13.8. The Morgan fingerprint density at radius 2 is 1.85 bits per heavy atom. The van der Waals surface area contributed by atoms with E-state index in [4.69, 9.17) is 9.40 Å². The second-order valence-corrected chi connectivity index (χ2v) is 11.4. The molecular formula is C29H28F4N6O. The summed E-state index contributed by atoms with van der Waals surface area (Å²) in [7, 11) is 0. The largest absolute Gasteiger partial charge is 0.443 e. The Bertz CT molecular complexity index is 1580. The summed E-state index contributed by atoms with van der Waals surface area (Å²) in [5.74, 6) is -3.93. The van der Waals surface area contributed by atoms with Gasteiger partial charge in [-0.15, -0.1) is 5.10 Å². The molecule has 2 aliphatic rings. The zero-order valence-electron chi connectivity index (χ0n) is 22.5. The molecule has 1 saturated carbocycles. The van der Waals surface area contributed by atoms with Crippen molar-refractivity contribution in [3.8, 4) is 22.8 Å². The number of benzene rings is 1. The summed E-state index contributed by atoms with van der Waals surface area (Å²) < 4.78 is 61.3. The molecule has 7 nitrogen and oxygen atoms in total. The van der Waals surface area contributed by atoms with Crippen LogP contribution in [0.2, 0.25) is 0 Å². The number of halogens is 4. The third kappa shape index (κ3) is 4.01. The van der Waals surface area contributed by atoms with Gasteiger partial charge in [-0.1, -0.05) is 19.9 Å². The molecule has 0 aliphatic heterocycles. The maximum absolute atomic E-state index is 14.5. The Balaban J connectivity index is 1.37. The van der Waals surface area contributed by atoms with Crippen molar-refractivity contribution >= 4 is 0 Å². The Labute approximate surface area is 228 Å². The number of nitrogens with one attached hydrogen (secondary N) is 1. The van der Waals surface area contributed by atoms with Crippen molar-refractivity contribution < 1.29 is 22.0 Å². The van der Waals surface area contributed by atoms with Crippen LogP contribution in [0.5, 0.6) is 0 Å². The maximum Gasteiger partial charge on any atom is 0.257 e. The molecule has 0 radical (unpaired) electrons. The maximum atomic E-state index is 14.5. The van der Waals surface area contributed by atoms with Crippen molar-refractivity contribution in [1.29, 1.82) is 0 Å². The zero-order chi connectivity index (χ0) is 28.4. The molecule has 0 spiro atoms. The average Bonchev–Trinajstić information content (AvgIpc) is 3.55. The highest BCUT2D eigenvalue weighted by Gasteiger charge is 2.65. The third-order valence-electron chi connectivity index (χ3n) is 8.58. The second kappa shape index (κ2) is 9.15. The molecule has 208 valence electrons. The lowest BCUT2D eigenvalue weighted by Crippen LogP contribution is -2.38. The van der Waals surface area contributed by atoms with Crippen molar-refractivity contribution in [3.63, 3.8) is 0 Å². The van der Waals surface area contributed by atoms with E-state index in [9.17, 15) is 17.6 Å². The molecule has 3 aromatic heterocycles. The first-order valence-electron chi connectivity index (χ1n) is 13.1. The minimum Gasteiger partial charge on any atom is -0.443 e. The van der Waals surface area contributed by atoms with Gasteiger partial charge in [0.2, 0.25) is 5.89 Å². The van der Waals surface area contributed by atoms with Crippen LogP contribution in [0.25, 0.3) is 22.8 Å². The van der Waals surface area contributed by atoms with E-state index in [0.717, 1.165) is 31.0 Å². The van der Waals surface area contributed by atoms with Gasteiger partial charge in [0.1, 0.15) is 23.6 Å². The lowest BCUT2D eigenvalue weighted by Gasteiger charge is -2.37. The first kappa shape index (κ1) is 26.5. The molecule has 1 N–H and O–H groups in total. The first-order chi connectivity index (χ1) is 18.9. The molecular weight excluding hydrogens is 524 g/mol. The lowest BCUT2D eigenvalue weighted by molar-refractivity contribution is 0.0202. The van der Waals surface area contributed by atoms with Crippen LogP contribution >= 0.6 is 0 Å². The van der Waals surface area contributed by atoms with Gasteiger partial charge in [0, 0.05) is 13.1 Å². The number of rotatable bonds is 7. The van der Waals surface area contributed by atoms with Crippen LogP contribution in [0.15, 0.2) is 47.3 Å². The van der Waals surface area contributed by atoms with E-state index in [1.165, 1.54) is 24.5 Å². The van der Waals surface area contributed by atoms with E-state index in [1.807, 2.05) is 0 Å². The molecule has 40 heavy (non-hydrogen) atoms. The molecule has 1 aromatic carbocycles. The number of hydrogen-bond donors (Lipinski definition) is 1. The number of hydrogen-bond acceptors (Lipinski definition) is 7. The normalized spacial score (nSPS) is 21.9. The van der Waals surface area contributed by atoms with Crippen LogP contribution in [0.1, 0.15) is 75.1 Å². The molecule has 4 aromatic rings. The molecule has 0 amide bonds. The van der Waals surface area contributed by atoms with E-state index in [-0.39, 0.29) is 28.5 Å². The number of aromatic nitrogens is 5. The minimum absolute atomic E-state index is 0.0778. The summed E-state index contributed by atoms with van der Waals surface area (Å²) in [6, 6.07) is 5.02. The summed E-state index contributed by atoms with van der Waals surface area (Å²) in [5, 5.41) is 11.6. The van der Waals surface area contributed by atoms with Crippen LogP contribution in [-0.2, 0) is 5.41 Å². The monoisotopic (exact) mass is 552 g/mol. The van der Waals surface area contributed by atoms with Crippen LogP contribution in [-0.4, -0.2) is 37.6 Å². The predicted octanol–water partition coefficient (Wildman–Crippen LogP) is 6.38. The van der Waals surface area contributed by atoms with Gasteiger partial charge in [-0.2, -0.15) is 5.10 Å². The first-order valence-corrected chi connectivity index (χ1v) is 13.1. The summed E-state index contributed by atoms with van der Waals surface area (Å²) in [6.07, 6.45) is 6.25. The van der Waals surface area contributed by atoms with Crippen LogP contribution in [0, 0.1) is 17.0 Å². The van der Waals surface area contributed by atoms with E-state index in [0.29, 0.717) is 17.1 Å². The third-order valence-corrected chi connectivity index (χ3v) is 8.58. The van der Waals surface area contributed by atoms with Gasteiger partial charge < -0.3 is 9.73 Å². The van der Waals surface area contributed by atoms with Crippen LogP contribution in [0.3, 0.4) is 0 Å². The Morgan fingerprint density at radius 1 is 1.10 bits per heavy atom. The zero-order valence-corrected chi connectivity index (χ0v) is 22.5. The van der Waals surface area contributed by atoms with E-state index in [2.05, 4.69) is 39.3 Å². The quantitative estimate of drug-likeness (QED) is 0.266. The molecule has 0 saturated heterocycles. The Hall–Kier alpha value is -3.73. The van der Waals surface area contributed by atoms with Gasteiger partial charge in [-0.25, -0.2) is 27.5 Å². The highest BCUT2D eigenvalue weighted by atomic mass is 19.3. The lowest BCUT2D eigenvalue weighted by atomic mass is 9.66. The summed E-state index contributed by atoms with van der Waals surface area (Å²) in [5.41, 5.74) is 2.17. The van der Waals surface area contributed by atoms with Crippen LogP contribution in [0.4, 0.5) is 17.6 Å². The fourth-order valence-electron chi connectivity index (χ4n) is 6.47. The van der Waals surface area contributed by atoms with Crippen molar-refractivity contribution in [1.82, 2.24) is 30.5 Å². The van der Waals surface area contributed by atoms with Gasteiger partial charge >= 0.3 is 0 Å². The topological polar surface area (TPSA) is 89.6 Å². The van der Waals surface area contributed by atoms with E-state index >= 15 is 0 Å². The molecule has 3 heterocycles. The van der Waals surface area contributed by atoms with Gasteiger partial charge in [0.25, 0.3) is 5.92 Å². The molecule has 6 rings (SSSR count). The average molecular weight is 553 g/mol. The van der Waals surface area contributed by atoms with Gasteiger partial charge in [0.05, 0.1) is 52.5 Å². The summed E-state index contributed by atoms with van der Waals surface area (Å²) >= 11 is 0. The molecule has 0 unspecified atom stereocenters. The van der Waals surface area contributed by atoms with E-state index < -0.39 is 35.6 Å². The number of oxazole rings is 1. The van der Waals surface area contributed by atoms with Crippen molar-refractivity contribution in [3.05, 3.63) is 77.2 Å². The standard InChI is InChI=1S/C29H28F4N6O/c1-15(35-14-28(4,32)33)22-13-40-26(37-22)21-11-34-12-23(36-21)29-9-8-17(27(29,2)3)16-10-20(38-39-25(16)29)24-18(30)6-5-7-19(24)31/h5-7,10-13,15,17,35H,8-9,14H2,1-4H3/t15-,17+,29+/m1/s1. The second-order valence-electron chi connectivity index (χ2n) is 11.4. The van der Waals surface area contributed by atoms with Crippen molar-refractivity contribution in [2.24, 2.45) is 5.41 Å². The molecule has 2 aliphatic carbocycles. The van der Waals surface area contributed by atoms with Crippen molar-refractivity contribution in [2.75, 3.05) is 6.54 Å². The Morgan fingerprint density at radius 3 is 2.58 bits per heavy atom. The number of nitrogens with zero attached hydrogens (tertiary/aromatic N) is 5.